The van der Waals surface area contributed by atoms with Crippen molar-refractivity contribution in [2.45, 2.75) is 91.3 Å². The maximum atomic E-state index is 12.8. The van der Waals surface area contributed by atoms with Crippen LogP contribution in [0.5, 0.6) is 0 Å². The van der Waals surface area contributed by atoms with E-state index in [0.29, 0.717) is 36.8 Å². The summed E-state index contributed by atoms with van der Waals surface area (Å²) < 4.78 is 60.1. The van der Waals surface area contributed by atoms with Crippen molar-refractivity contribution in [3.05, 3.63) is 0 Å². The van der Waals surface area contributed by atoms with Crippen molar-refractivity contribution in [3.63, 3.8) is 0 Å². The highest BCUT2D eigenvalue weighted by atomic mass is 19.3. The van der Waals surface area contributed by atoms with Crippen molar-refractivity contribution in [1.29, 1.82) is 0 Å². The van der Waals surface area contributed by atoms with Crippen LogP contribution < -0.4 is 0 Å². The van der Waals surface area contributed by atoms with Gasteiger partial charge in [0.1, 0.15) is 0 Å². The molecular formula is C22H38F4N2O2. The van der Waals surface area contributed by atoms with Crippen molar-refractivity contribution in [3.8, 4) is 0 Å². The van der Waals surface area contributed by atoms with E-state index in [0.717, 1.165) is 25.9 Å². The first kappa shape index (κ1) is 24.2. The van der Waals surface area contributed by atoms with E-state index in [-0.39, 0.29) is 24.1 Å². The third kappa shape index (κ3) is 5.30. The summed E-state index contributed by atoms with van der Waals surface area (Å²) in [5, 5.41) is 0. The molecule has 0 amide bonds. The van der Waals surface area contributed by atoms with Gasteiger partial charge in [-0.25, -0.2) is 0 Å². The smallest absolute Gasteiger partial charge is 0.321 e. The van der Waals surface area contributed by atoms with Crippen molar-refractivity contribution in [2.24, 2.45) is 23.2 Å². The van der Waals surface area contributed by atoms with Gasteiger partial charge < -0.3 is 9.47 Å². The fourth-order valence-corrected chi connectivity index (χ4v) is 5.96. The van der Waals surface area contributed by atoms with Gasteiger partial charge in [0, 0.05) is 31.2 Å². The largest absolute Gasteiger partial charge is 0.345 e. The van der Waals surface area contributed by atoms with Gasteiger partial charge >= 0.3 is 13.2 Å². The molecule has 4 nitrogen and oxygen atoms in total. The summed E-state index contributed by atoms with van der Waals surface area (Å²) in [6.07, 6.45) is 2.13. The molecule has 3 rings (SSSR count). The Labute approximate surface area is 178 Å². The standard InChI is InChI=1S/C22H38F4N2O2/c1-13(15(3)27-8-7-17(11-27)30-21(25)26)10-16-6-9-28(18(16)12-29-20(23)24)19-14(2)22(19,4)5/h13-21H,6-12H2,1-5H3. The number of hydrogen-bond acceptors (Lipinski definition) is 4. The zero-order valence-electron chi connectivity index (χ0n) is 18.9. The number of ether oxygens (including phenoxy) is 2. The van der Waals surface area contributed by atoms with Crippen LogP contribution in [0.1, 0.15) is 53.9 Å². The highest BCUT2D eigenvalue weighted by molar-refractivity contribution is 5.12. The van der Waals surface area contributed by atoms with Gasteiger partial charge in [-0.1, -0.05) is 27.7 Å². The Morgan fingerprint density at radius 3 is 2.27 bits per heavy atom. The first-order chi connectivity index (χ1) is 14.0. The number of halogens is 4. The third-order valence-corrected chi connectivity index (χ3v) is 8.32. The molecule has 0 radical (unpaired) electrons. The monoisotopic (exact) mass is 438 g/mol. The molecule has 2 saturated heterocycles. The van der Waals surface area contributed by atoms with Crippen molar-refractivity contribution < 1.29 is 27.0 Å². The quantitative estimate of drug-likeness (QED) is 0.462. The molecule has 2 heterocycles. The molecule has 0 bridgehead atoms. The zero-order valence-corrected chi connectivity index (χ0v) is 18.9. The van der Waals surface area contributed by atoms with Crippen LogP contribution in [-0.2, 0) is 9.47 Å². The SMILES string of the molecule is CC(CC1CCN(C2C(C)C2(C)C)C1COC(F)F)C(C)N1CCC(OC(F)F)C1. The van der Waals surface area contributed by atoms with E-state index in [2.05, 4.69) is 49.2 Å². The Morgan fingerprint density at radius 1 is 1.03 bits per heavy atom. The molecule has 0 spiro atoms. The van der Waals surface area contributed by atoms with Gasteiger partial charge in [-0.15, -0.1) is 0 Å². The van der Waals surface area contributed by atoms with Crippen molar-refractivity contribution >= 4 is 0 Å². The van der Waals surface area contributed by atoms with E-state index >= 15 is 0 Å². The van der Waals surface area contributed by atoms with Gasteiger partial charge in [0.2, 0.25) is 0 Å². The molecule has 1 aliphatic carbocycles. The molecule has 7 atom stereocenters. The first-order valence-electron chi connectivity index (χ1n) is 11.4. The van der Waals surface area contributed by atoms with E-state index < -0.39 is 19.3 Å². The molecule has 1 saturated carbocycles. The molecule has 3 aliphatic rings. The average molecular weight is 439 g/mol. The van der Waals surface area contributed by atoms with E-state index in [1.54, 1.807) is 0 Å². The Kier molecular flexibility index (Phi) is 7.74. The van der Waals surface area contributed by atoms with Crippen LogP contribution in [0, 0.1) is 23.2 Å². The van der Waals surface area contributed by atoms with Gasteiger partial charge in [0.25, 0.3) is 0 Å². The van der Waals surface area contributed by atoms with Crippen LogP contribution in [-0.4, -0.2) is 73.5 Å². The summed E-state index contributed by atoms with van der Waals surface area (Å²) in [6.45, 7) is 7.85. The summed E-state index contributed by atoms with van der Waals surface area (Å²) >= 11 is 0. The van der Waals surface area contributed by atoms with E-state index in [1.807, 2.05) is 0 Å². The fourth-order valence-electron chi connectivity index (χ4n) is 5.96. The summed E-state index contributed by atoms with van der Waals surface area (Å²) in [6, 6.07) is 0.669. The van der Waals surface area contributed by atoms with E-state index in [9.17, 15) is 17.6 Å². The van der Waals surface area contributed by atoms with Crippen molar-refractivity contribution in [1.82, 2.24) is 9.80 Å². The number of rotatable bonds is 10. The second-order valence-electron chi connectivity index (χ2n) is 10.3. The van der Waals surface area contributed by atoms with Crippen LogP contribution in [0.25, 0.3) is 0 Å². The van der Waals surface area contributed by atoms with Crippen LogP contribution in [0.15, 0.2) is 0 Å². The number of hydrogen-bond donors (Lipinski definition) is 0. The number of likely N-dealkylation sites (tertiary alicyclic amines) is 2. The Morgan fingerprint density at radius 2 is 1.70 bits per heavy atom. The normalized spacial score (nSPS) is 36.7. The minimum atomic E-state index is -2.74. The summed E-state index contributed by atoms with van der Waals surface area (Å²) in [5.74, 6) is 1.19. The van der Waals surface area contributed by atoms with Gasteiger partial charge in [0.05, 0.1) is 12.7 Å². The predicted molar refractivity (Wildman–Crippen MR) is 108 cm³/mol. The topological polar surface area (TPSA) is 24.9 Å². The van der Waals surface area contributed by atoms with E-state index in [4.69, 9.17) is 4.74 Å². The van der Waals surface area contributed by atoms with E-state index in [1.165, 1.54) is 0 Å². The number of nitrogens with zero attached hydrogens (tertiary/aromatic N) is 2. The van der Waals surface area contributed by atoms with Crippen molar-refractivity contribution in [2.75, 3.05) is 26.2 Å². The predicted octanol–water partition coefficient (Wildman–Crippen LogP) is 4.69. The summed E-state index contributed by atoms with van der Waals surface area (Å²) in [5.41, 5.74) is 0.214. The minimum absolute atomic E-state index is 0.0105. The molecule has 0 aromatic heterocycles. The molecule has 0 N–H and O–H groups in total. The van der Waals surface area contributed by atoms with Gasteiger partial charge in [0.15, 0.2) is 0 Å². The molecule has 7 unspecified atom stereocenters. The van der Waals surface area contributed by atoms with Gasteiger partial charge in [-0.2, -0.15) is 17.6 Å². The lowest BCUT2D eigenvalue weighted by atomic mass is 9.86. The lowest BCUT2D eigenvalue weighted by Crippen LogP contribution is -2.42. The van der Waals surface area contributed by atoms with Crippen LogP contribution in [0.3, 0.4) is 0 Å². The van der Waals surface area contributed by atoms with Crippen LogP contribution in [0.2, 0.25) is 0 Å². The summed E-state index contributed by atoms with van der Waals surface area (Å²) in [4.78, 5) is 4.64. The van der Waals surface area contributed by atoms with Gasteiger partial charge in [-0.3, -0.25) is 9.80 Å². The Balaban J connectivity index is 1.58. The highest BCUT2D eigenvalue weighted by Gasteiger charge is 2.60. The lowest BCUT2D eigenvalue weighted by Gasteiger charge is -2.34. The minimum Gasteiger partial charge on any atom is -0.321 e. The second-order valence-corrected chi connectivity index (χ2v) is 10.3. The second kappa shape index (κ2) is 9.59. The molecule has 30 heavy (non-hydrogen) atoms. The molecule has 0 aromatic carbocycles. The fraction of sp³-hybridized carbons (Fsp3) is 1.00. The maximum Gasteiger partial charge on any atom is 0.345 e. The molecule has 8 heteroatoms. The van der Waals surface area contributed by atoms with Crippen LogP contribution in [0.4, 0.5) is 17.6 Å². The zero-order chi connectivity index (χ0) is 22.2. The number of alkyl halides is 4. The maximum absolute atomic E-state index is 12.8. The average Bonchev–Trinajstić information content (AvgIpc) is 3.05. The molecular weight excluding hydrogens is 400 g/mol. The first-order valence-corrected chi connectivity index (χ1v) is 11.4. The molecule has 3 fully saturated rings. The van der Waals surface area contributed by atoms with Crippen LogP contribution >= 0.6 is 0 Å². The highest BCUT2D eigenvalue weighted by Crippen LogP contribution is 2.57. The third-order valence-electron chi connectivity index (χ3n) is 8.32. The Hall–Kier alpha value is -0.440. The lowest BCUT2D eigenvalue weighted by molar-refractivity contribution is -0.159. The molecule has 0 aromatic rings. The molecule has 176 valence electrons. The Bertz CT molecular complexity index is 565. The molecule has 2 aliphatic heterocycles. The summed E-state index contributed by atoms with van der Waals surface area (Å²) in [7, 11) is 0. The van der Waals surface area contributed by atoms with Gasteiger partial charge in [-0.05, 0) is 55.9 Å².